The fraction of sp³-hybridized carbons (Fsp3) is 0.286. The number of anilines is 1. The van der Waals surface area contributed by atoms with E-state index in [-0.39, 0.29) is 11.4 Å². The summed E-state index contributed by atoms with van der Waals surface area (Å²) in [7, 11) is 2.64. The first-order valence-corrected chi connectivity index (χ1v) is 6.75. The van der Waals surface area contributed by atoms with Gasteiger partial charge in [0, 0.05) is 19.0 Å². The number of hydrogen-bond donors (Lipinski definition) is 2. The molecule has 23 heavy (non-hydrogen) atoms. The second-order valence-corrected chi connectivity index (χ2v) is 5.06. The highest BCUT2D eigenvalue weighted by Crippen LogP contribution is 2.26. The van der Waals surface area contributed by atoms with Gasteiger partial charge >= 0.3 is 5.69 Å². The Morgan fingerprint density at radius 1 is 1.22 bits per heavy atom. The molecule has 1 atom stereocenters. The van der Waals surface area contributed by atoms with E-state index in [1.54, 1.807) is 30.3 Å². The number of benzene rings is 1. The maximum absolute atomic E-state index is 12.5. The van der Waals surface area contributed by atoms with Gasteiger partial charge in [-0.25, -0.2) is 4.79 Å². The van der Waals surface area contributed by atoms with Crippen LogP contribution >= 0.6 is 0 Å². The lowest BCUT2D eigenvalue weighted by Gasteiger charge is -2.19. The molecule has 2 aromatic rings. The second kappa shape index (κ2) is 6.44. The Morgan fingerprint density at radius 3 is 2.35 bits per heavy atom. The summed E-state index contributed by atoms with van der Waals surface area (Å²) in [6, 6.07) is 8.44. The van der Waals surface area contributed by atoms with Crippen LogP contribution in [0.1, 0.15) is 17.0 Å². The van der Waals surface area contributed by atoms with E-state index in [1.165, 1.54) is 14.1 Å². The lowest BCUT2D eigenvalue weighted by atomic mass is 9.92. The highest BCUT2D eigenvalue weighted by atomic mass is 16.6. The minimum atomic E-state index is -0.911. The van der Waals surface area contributed by atoms with Crippen molar-refractivity contribution in [3.05, 3.63) is 72.4 Å². The highest BCUT2D eigenvalue weighted by molar-refractivity contribution is 5.48. The second-order valence-electron chi connectivity index (χ2n) is 5.06. The Morgan fingerprint density at radius 2 is 1.83 bits per heavy atom. The zero-order valence-corrected chi connectivity index (χ0v) is 12.6. The van der Waals surface area contributed by atoms with Crippen LogP contribution in [0, 0.1) is 10.1 Å². The Bertz CT molecular complexity index is 841. The summed E-state index contributed by atoms with van der Waals surface area (Å²) in [6.07, 6.45) is 0. The maximum atomic E-state index is 12.5. The summed E-state index contributed by atoms with van der Waals surface area (Å²) in [5.41, 5.74) is 0.976. The van der Waals surface area contributed by atoms with Crippen molar-refractivity contribution in [1.82, 2.24) is 9.13 Å². The molecule has 0 fully saturated rings. The molecule has 2 rings (SSSR count). The van der Waals surface area contributed by atoms with Crippen molar-refractivity contribution in [3.63, 3.8) is 0 Å². The van der Waals surface area contributed by atoms with Gasteiger partial charge in [0.15, 0.2) is 0 Å². The monoisotopic (exact) mass is 320 g/mol. The topological polar surface area (TPSA) is 119 Å². The standard InChI is InChI=1S/C14H16N4O5/c1-16-12(15-21)11(13(19)17(2)14(16)20)10(8-18(22)23)9-6-4-3-5-7-9/h3-7,10,15,21H,8H2,1-2H3. The number of hydrogen-bond acceptors (Lipinski definition) is 6. The third-order valence-corrected chi connectivity index (χ3v) is 3.69. The summed E-state index contributed by atoms with van der Waals surface area (Å²) in [5, 5.41) is 20.4. The molecule has 1 unspecified atom stereocenters. The van der Waals surface area contributed by atoms with Crippen molar-refractivity contribution in [2.24, 2.45) is 14.1 Å². The molecule has 122 valence electrons. The van der Waals surface area contributed by atoms with E-state index < -0.39 is 28.6 Å². The smallest absolute Gasteiger partial charge is 0.290 e. The molecule has 1 aromatic heterocycles. The van der Waals surface area contributed by atoms with Crippen LogP contribution in [0.25, 0.3) is 0 Å². The molecule has 0 spiro atoms. The number of nitrogens with one attached hydrogen (secondary N) is 1. The van der Waals surface area contributed by atoms with Gasteiger partial charge in [-0.1, -0.05) is 30.3 Å². The van der Waals surface area contributed by atoms with Crippen LogP contribution in [0.2, 0.25) is 0 Å². The van der Waals surface area contributed by atoms with Crippen molar-refractivity contribution < 1.29 is 10.1 Å². The van der Waals surface area contributed by atoms with Crippen molar-refractivity contribution in [2.45, 2.75) is 5.92 Å². The molecule has 9 heteroatoms. The van der Waals surface area contributed by atoms with Gasteiger partial charge in [0.25, 0.3) is 5.56 Å². The summed E-state index contributed by atoms with van der Waals surface area (Å²) in [4.78, 5) is 34.9. The molecular formula is C14H16N4O5. The van der Waals surface area contributed by atoms with Crippen LogP contribution in [-0.2, 0) is 14.1 Å². The van der Waals surface area contributed by atoms with Crippen LogP contribution < -0.4 is 16.7 Å². The molecule has 0 saturated carbocycles. The van der Waals surface area contributed by atoms with Crippen LogP contribution in [0.5, 0.6) is 0 Å². The first kappa shape index (κ1) is 16.4. The fourth-order valence-electron chi connectivity index (χ4n) is 2.52. The largest absolute Gasteiger partial charge is 0.332 e. The highest BCUT2D eigenvalue weighted by Gasteiger charge is 2.29. The fourth-order valence-corrected chi connectivity index (χ4v) is 2.52. The Hall–Kier alpha value is -2.94. The summed E-state index contributed by atoms with van der Waals surface area (Å²) < 4.78 is 1.89. The van der Waals surface area contributed by atoms with Gasteiger partial charge in [-0.2, -0.15) is 0 Å². The van der Waals surface area contributed by atoms with E-state index in [4.69, 9.17) is 0 Å². The van der Waals surface area contributed by atoms with Gasteiger partial charge in [0.05, 0.1) is 11.5 Å². The van der Waals surface area contributed by atoms with Crippen LogP contribution in [0.4, 0.5) is 5.82 Å². The van der Waals surface area contributed by atoms with Gasteiger partial charge in [-0.3, -0.25) is 34.7 Å². The molecule has 0 amide bonds. The van der Waals surface area contributed by atoms with Gasteiger partial charge in [0.1, 0.15) is 5.82 Å². The minimum absolute atomic E-state index is 0.0417. The summed E-state index contributed by atoms with van der Waals surface area (Å²) in [5.74, 6) is -1.07. The van der Waals surface area contributed by atoms with E-state index >= 15 is 0 Å². The van der Waals surface area contributed by atoms with Crippen molar-refractivity contribution >= 4 is 5.82 Å². The Balaban J connectivity index is 2.81. The van der Waals surface area contributed by atoms with Gasteiger partial charge < -0.3 is 0 Å². The van der Waals surface area contributed by atoms with E-state index in [1.807, 2.05) is 5.48 Å². The van der Waals surface area contributed by atoms with Crippen molar-refractivity contribution in [2.75, 3.05) is 12.0 Å². The van der Waals surface area contributed by atoms with Crippen LogP contribution in [0.15, 0.2) is 39.9 Å². The number of rotatable bonds is 5. The first-order chi connectivity index (χ1) is 10.9. The molecule has 0 bridgehead atoms. The normalized spacial score (nSPS) is 12.0. The molecule has 0 radical (unpaired) electrons. The SMILES string of the molecule is Cn1c(NO)c(C(C[N+](=O)[O-])c2ccccc2)c(=O)n(C)c1=O. The molecule has 0 saturated heterocycles. The van der Waals surface area contributed by atoms with Crippen LogP contribution in [0.3, 0.4) is 0 Å². The average Bonchev–Trinajstić information content (AvgIpc) is 2.55. The Labute approximate surface area is 130 Å². The molecule has 0 aliphatic rings. The predicted octanol–water partition coefficient (Wildman–Crippen LogP) is 0.294. The quantitative estimate of drug-likeness (QED) is 0.604. The molecule has 1 heterocycles. The number of aromatic nitrogens is 2. The first-order valence-electron chi connectivity index (χ1n) is 6.75. The third kappa shape index (κ3) is 2.99. The lowest BCUT2D eigenvalue weighted by Crippen LogP contribution is -2.41. The Kier molecular flexibility index (Phi) is 4.60. The number of nitrogens with zero attached hydrogens (tertiary/aromatic N) is 3. The zero-order valence-electron chi connectivity index (χ0n) is 12.6. The molecule has 9 nitrogen and oxygen atoms in total. The summed E-state index contributed by atoms with van der Waals surface area (Å²) >= 11 is 0. The van der Waals surface area contributed by atoms with E-state index in [9.17, 15) is 24.9 Å². The zero-order chi connectivity index (χ0) is 17.1. The predicted molar refractivity (Wildman–Crippen MR) is 82.5 cm³/mol. The molecule has 1 aromatic carbocycles. The lowest BCUT2D eigenvalue weighted by molar-refractivity contribution is -0.481. The molecular weight excluding hydrogens is 304 g/mol. The molecule has 0 aliphatic heterocycles. The summed E-state index contributed by atoms with van der Waals surface area (Å²) in [6.45, 7) is -0.549. The maximum Gasteiger partial charge on any atom is 0.332 e. The van der Waals surface area contributed by atoms with Crippen molar-refractivity contribution in [3.8, 4) is 0 Å². The minimum Gasteiger partial charge on any atom is -0.290 e. The molecule has 2 N–H and O–H groups in total. The van der Waals surface area contributed by atoms with Gasteiger partial charge in [-0.05, 0) is 5.56 Å². The van der Waals surface area contributed by atoms with Gasteiger partial charge in [-0.15, -0.1) is 0 Å². The van der Waals surface area contributed by atoms with Crippen molar-refractivity contribution in [1.29, 1.82) is 0 Å². The van der Waals surface area contributed by atoms with E-state index in [0.717, 1.165) is 9.13 Å². The van der Waals surface area contributed by atoms with E-state index in [0.29, 0.717) is 5.56 Å². The van der Waals surface area contributed by atoms with Crippen LogP contribution in [-0.4, -0.2) is 25.8 Å². The van der Waals surface area contributed by atoms with E-state index in [2.05, 4.69) is 0 Å². The van der Waals surface area contributed by atoms with Gasteiger partial charge in [0.2, 0.25) is 6.54 Å². The third-order valence-electron chi connectivity index (χ3n) is 3.69. The average molecular weight is 320 g/mol. The molecule has 0 aliphatic carbocycles. The number of nitro groups is 1.